The average Bonchev–Trinajstić information content (AvgIpc) is 3.19. The van der Waals surface area contributed by atoms with Crippen LogP contribution >= 0.6 is 15.6 Å². The topological polar surface area (TPSA) is 256 Å². The molecule has 6 atom stereocenters. The third-order valence-electron chi connectivity index (χ3n) is 9.08. The minimum Gasteiger partial charge on any atom is -0.462 e. The first kappa shape index (κ1) is 58.0. The lowest BCUT2D eigenvalue weighted by Gasteiger charge is -2.21. The molecule has 0 heterocycles. The lowest BCUT2D eigenvalue weighted by Crippen LogP contribution is -2.30. The number of hydrogen-bond donors (Lipinski definition) is 7. The van der Waals surface area contributed by atoms with E-state index in [0.29, 0.717) is 6.42 Å². The molecule has 18 heteroatoms. The number of ether oxygens (including phenoxy) is 2. The summed E-state index contributed by atoms with van der Waals surface area (Å²) in [4.78, 5) is 52.7. The molecule has 16 nitrogen and oxygen atoms in total. The van der Waals surface area contributed by atoms with Crippen LogP contribution in [0.15, 0.2) is 48.6 Å². The zero-order valence-corrected chi connectivity index (χ0v) is 37.7. The van der Waals surface area contributed by atoms with Crippen molar-refractivity contribution in [3.63, 3.8) is 0 Å². The van der Waals surface area contributed by atoms with Crippen molar-refractivity contribution in [2.24, 2.45) is 0 Å². The van der Waals surface area contributed by atoms with Crippen molar-refractivity contribution in [3.05, 3.63) is 48.6 Å². The molecule has 0 fully saturated rings. The Bertz CT molecular complexity index is 1300. The van der Waals surface area contributed by atoms with Crippen LogP contribution in [0.4, 0.5) is 0 Å². The molecular formula is C42H76O16P2. The molecule has 0 radical (unpaired) electrons. The van der Waals surface area contributed by atoms with Crippen molar-refractivity contribution in [3.8, 4) is 0 Å². The van der Waals surface area contributed by atoms with E-state index < -0.39 is 84.5 Å². The molecule has 1 unspecified atom stereocenters. The zero-order chi connectivity index (χ0) is 44.9. The second-order valence-electron chi connectivity index (χ2n) is 14.8. The van der Waals surface area contributed by atoms with Crippen molar-refractivity contribution in [2.45, 2.75) is 179 Å². The van der Waals surface area contributed by atoms with Gasteiger partial charge in [-0.05, 0) is 25.7 Å². The number of rotatable bonds is 40. The Morgan fingerprint density at radius 3 is 1.60 bits per heavy atom. The predicted octanol–water partition coefficient (Wildman–Crippen LogP) is 7.58. The molecule has 0 rings (SSSR count). The number of carbonyl (C=O) groups is 2. The van der Waals surface area contributed by atoms with Crippen molar-refractivity contribution in [1.82, 2.24) is 0 Å². The number of aliphatic hydroxyl groups excluding tert-OH is 4. The largest absolute Gasteiger partial charge is 0.472 e. The molecule has 0 saturated carbocycles. The second-order valence-corrected chi connectivity index (χ2v) is 17.5. The van der Waals surface area contributed by atoms with Gasteiger partial charge in [0.25, 0.3) is 0 Å². The molecule has 0 aliphatic rings. The highest BCUT2D eigenvalue weighted by molar-refractivity contribution is 7.47. The third kappa shape index (κ3) is 38.9. The first-order chi connectivity index (χ1) is 28.6. The van der Waals surface area contributed by atoms with Gasteiger partial charge in [0, 0.05) is 12.8 Å². The monoisotopic (exact) mass is 898 g/mol. The van der Waals surface area contributed by atoms with Crippen LogP contribution in [0.2, 0.25) is 0 Å². The number of esters is 2. The van der Waals surface area contributed by atoms with Crippen LogP contribution < -0.4 is 0 Å². The maximum atomic E-state index is 12.7. The van der Waals surface area contributed by atoms with Gasteiger partial charge in [-0.3, -0.25) is 23.2 Å². The van der Waals surface area contributed by atoms with E-state index in [0.717, 1.165) is 51.4 Å². The van der Waals surface area contributed by atoms with E-state index in [-0.39, 0.29) is 25.7 Å². The smallest absolute Gasteiger partial charge is 0.462 e. The Balaban J connectivity index is 4.86. The number of unbranched alkanes of at least 4 members (excludes halogenated alkanes) is 14. The van der Waals surface area contributed by atoms with Crippen LogP contribution in [-0.2, 0) is 41.8 Å². The molecule has 0 bridgehead atoms. The highest BCUT2D eigenvalue weighted by atomic mass is 31.2. The summed E-state index contributed by atoms with van der Waals surface area (Å²) in [5.41, 5.74) is 0. The normalized spacial score (nSPS) is 16.1. The van der Waals surface area contributed by atoms with Crippen LogP contribution in [-0.4, -0.2) is 104 Å². The molecule has 0 saturated heterocycles. The maximum absolute atomic E-state index is 12.7. The molecule has 350 valence electrons. The van der Waals surface area contributed by atoms with Gasteiger partial charge in [0.1, 0.15) is 12.7 Å². The Morgan fingerprint density at radius 1 is 0.533 bits per heavy atom. The fraction of sp³-hybridized carbons (Fsp3) is 0.762. The SMILES string of the molecule is CCCCCCCCCCCCCCCC(=O)OC[C@H](COP(=O)(O)OC[C@@H](O)COP(=O)(O)O)OC(=O)CCC[C@H](O)[C@@H](O)/C=C/C=C/C=C\C=C\[C@@H](O)CCCCC. The standard InChI is InChI=1S/C42H76O16P2/c1-3-5-7-8-9-10-11-12-13-14-15-20-24-30-41(47)54-34-38(35-57-60(52,53)56-33-37(44)32-55-59(49,50)51)58-42(48)31-25-29-40(46)39(45)28-23-19-17-16-18-22-27-36(43)26-21-6-4-2/h16-19,22-23,27-28,36-40,43-46H,3-15,20-21,24-26,29-35H2,1-2H3,(H,52,53)(H2,49,50,51)/b18-16-,19-17+,27-22+,28-23+/t36-,37-,38+,39-,40-/m0/s1. The minimum atomic E-state index is -4.90. The van der Waals surface area contributed by atoms with Crippen LogP contribution in [0.25, 0.3) is 0 Å². The van der Waals surface area contributed by atoms with Crippen molar-refractivity contribution in [2.75, 3.05) is 26.4 Å². The van der Waals surface area contributed by atoms with Crippen LogP contribution in [0.5, 0.6) is 0 Å². The molecule has 0 amide bonds. The summed E-state index contributed by atoms with van der Waals surface area (Å²) in [5, 5.41) is 40.2. The van der Waals surface area contributed by atoms with Gasteiger partial charge in [-0.15, -0.1) is 0 Å². The van der Waals surface area contributed by atoms with E-state index >= 15 is 0 Å². The Morgan fingerprint density at radius 2 is 1.02 bits per heavy atom. The number of carbonyl (C=O) groups excluding carboxylic acids is 2. The lowest BCUT2D eigenvalue weighted by molar-refractivity contribution is -0.161. The summed E-state index contributed by atoms with van der Waals surface area (Å²) in [6, 6.07) is 0. The van der Waals surface area contributed by atoms with E-state index in [2.05, 4.69) is 22.9 Å². The number of phosphoric ester groups is 2. The summed E-state index contributed by atoms with van der Waals surface area (Å²) >= 11 is 0. The zero-order valence-electron chi connectivity index (χ0n) is 35.9. The number of allylic oxidation sites excluding steroid dienone is 6. The van der Waals surface area contributed by atoms with Crippen molar-refractivity contribution < 1.29 is 76.9 Å². The fourth-order valence-electron chi connectivity index (χ4n) is 5.61. The van der Waals surface area contributed by atoms with Crippen LogP contribution in [0, 0.1) is 0 Å². The highest BCUT2D eigenvalue weighted by Crippen LogP contribution is 2.43. The number of aliphatic hydroxyl groups is 4. The molecule has 0 aromatic heterocycles. The molecule has 0 spiro atoms. The first-order valence-electron chi connectivity index (χ1n) is 21.7. The van der Waals surface area contributed by atoms with Gasteiger partial charge in [-0.2, -0.15) is 0 Å². The van der Waals surface area contributed by atoms with Crippen molar-refractivity contribution in [1.29, 1.82) is 0 Å². The van der Waals surface area contributed by atoms with E-state index in [4.69, 9.17) is 23.8 Å². The summed E-state index contributed by atoms with van der Waals surface area (Å²) < 4.78 is 47.5. The Hall–Kier alpha value is -2.04. The third-order valence-corrected chi connectivity index (χ3v) is 10.5. The van der Waals surface area contributed by atoms with Crippen LogP contribution in [0.3, 0.4) is 0 Å². The Labute approximate surface area is 357 Å². The molecule has 0 aliphatic carbocycles. The van der Waals surface area contributed by atoms with Gasteiger partial charge in [0.15, 0.2) is 6.10 Å². The van der Waals surface area contributed by atoms with Gasteiger partial charge in [-0.25, -0.2) is 9.13 Å². The summed E-state index contributed by atoms with van der Waals surface area (Å²) in [5.74, 6) is -1.36. The average molecular weight is 899 g/mol. The molecule has 0 aromatic rings. The van der Waals surface area contributed by atoms with Crippen molar-refractivity contribution >= 4 is 27.6 Å². The summed E-state index contributed by atoms with van der Waals surface area (Å²) in [7, 11) is -9.81. The van der Waals surface area contributed by atoms with Gasteiger partial charge in [0.2, 0.25) is 0 Å². The first-order valence-corrected chi connectivity index (χ1v) is 24.7. The van der Waals surface area contributed by atoms with Gasteiger partial charge in [-0.1, -0.05) is 159 Å². The number of phosphoric acid groups is 2. The summed E-state index contributed by atoms with van der Waals surface area (Å²) in [6.45, 7) is 1.25. The van der Waals surface area contributed by atoms with Gasteiger partial charge < -0.3 is 44.6 Å². The maximum Gasteiger partial charge on any atom is 0.472 e. The van der Waals surface area contributed by atoms with E-state index in [9.17, 15) is 44.0 Å². The second kappa shape index (κ2) is 37.5. The Kier molecular flexibility index (Phi) is 36.2. The highest BCUT2D eigenvalue weighted by Gasteiger charge is 2.28. The minimum absolute atomic E-state index is 0.0264. The van der Waals surface area contributed by atoms with E-state index in [1.807, 2.05) is 0 Å². The lowest BCUT2D eigenvalue weighted by atomic mass is 10.0. The van der Waals surface area contributed by atoms with E-state index in [1.54, 1.807) is 42.5 Å². The van der Waals surface area contributed by atoms with Crippen LogP contribution in [0.1, 0.15) is 149 Å². The fourth-order valence-corrected chi connectivity index (χ4v) is 6.77. The van der Waals surface area contributed by atoms with Gasteiger partial charge in [0.05, 0.1) is 38.1 Å². The molecular weight excluding hydrogens is 822 g/mol. The molecule has 60 heavy (non-hydrogen) atoms. The molecule has 0 aromatic carbocycles. The number of hydrogen-bond acceptors (Lipinski definition) is 13. The predicted molar refractivity (Wildman–Crippen MR) is 229 cm³/mol. The molecule has 0 aliphatic heterocycles. The quantitative estimate of drug-likeness (QED) is 0.0135. The molecule has 7 N–H and O–H groups in total. The van der Waals surface area contributed by atoms with E-state index in [1.165, 1.54) is 57.4 Å². The summed E-state index contributed by atoms with van der Waals surface area (Å²) in [6.07, 6.45) is 26.1. The van der Waals surface area contributed by atoms with Gasteiger partial charge >= 0.3 is 27.6 Å².